The van der Waals surface area contributed by atoms with Gasteiger partial charge in [0.15, 0.2) is 0 Å². The van der Waals surface area contributed by atoms with E-state index in [9.17, 15) is 0 Å². The fourth-order valence-electron chi connectivity index (χ4n) is 1.45. The van der Waals surface area contributed by atoms with E-state index in [1.165, 1.54) is 5.69 Å². The molecule has 4 heteroatoms. The third-order valence-electron chi connectivity index (χ3n) is 2.28. The molecule has 0 amide bonds. The Bertz CT molecular complexity index is 271. The number of aryl methyl sites for hydroxylation is 1. The fraction of sp³-hybridized carbons (Fsp3) is 0.727. The molecular weight excluding hydrogens is 190 g/mol. The Kier molecular flexibility index (Phi) is 5.36. The minimum absolute atomic E-state index is 0.224. The summed E-state index contributed by atoms with van der Waals surface area (Å²) in [5, 5.41) is 16.6. The number of aromatic nitrogens is 2. The summed E-state index contributed by atoms with van der Waals surface area (Å²) in [5.41, 5.74) is 1.21. The number of nitrogens with zero attached hydrogens (tertiary/aromatic N) is 2. The molecule has 0 spiro atoms. The molecule has 1 aromatic heterocycles. The summed E-state index contributed by atoms with van der Waals surface area (Å²) in [7, 11) is 0. The molecule has 0 saturated heterocycles. The van der Waals surface area contributed by atoms with Crippen molar-refractivity contribution in [3.05, 3.63) is 18.0 Å². The lowest BCUT2D eigenvalue weighted by atomic mass is 10.3. The topological polar surface area (TPSA) is 50.1 Å². The van der Waals surface area contributed by atoms with E-state index < -0.39 is 0 Å². The van der Waals surface area contributed by atoms with Gasteiger partial charge in [-0.3, -0.25) is 4.68 Å². The highest BCUT2D eigenvalue weighted by atomic mass is 16.3. The maximum atomic E-state index is 9.09. The lowest BCUT2D eigenvalue weighted by Crippen LogP contribution is -2.20. The molecule has 1 atom stereocenters. The quantitative estimate of drug-likeness (QED) is 0.665. The first-order valence-corrected chi connectivity index (χ1v) is 5.63. The highest BCUT2D eigenvalue weighted by Gasteiger charge is 2.01. The maximum absolute atomic E-state index is 9.09. The van der Waals surface area contributed by atoms with Gasteiger partial charge in [-0.25, -0.2) is 0 Å². The Hall–Kier alpha value is -0.870. The zero-order valence-electron chi connectivity index (χ0n) is 9.61. The monoisotopic (exact) mass is 211 g/mol. The SMILES string of the molecule is CCCn1nccc1CNCCC(C)O. The zero-order chi connectivity index (χ0) is 11.1. The van der Waals surface area contributed by atoms with Gasteiger partial charge in [0.1, 0.15) is 0 Å². The van der Waals surface area contributed by atoms with Crippen molar-refractivity contribution in [1.29, 1.82) is 0 Å². The number of rotatable bonds is 7. The van der Waals surface area contributed by atoms with E-state index in [0.717, 1.165) is 32.5 Å². The molecule has 0 aliphatic heterocycles. The smallest absolute Gasteiger partial charge is 0.0524 e. The van der Waals surface area contributed by atoms with Crippen molar-refractivity contribution in [2.45, 2.75) is 45.9 Å². The van der Waals surface area contributed by atoms with Crippen LogP contribution in [-0.2, 0) is 13.1 Å². The van der Waals surface area contributed by atoms with Gasteiger partial charge in [0.25, 0.3) is 0 Å². The Morgan fingerprint density at radius 1 is 1.60 bits per heavy atom. The third kappa shape index (κ3) is 4.44. The number of hydrogen-bond donors (Lipinski definition) is 2. The van der Waals surface area contributed by atoms with Crippen molar-refractivity contribution in [1.82, 2.24) is 15.1 Å². The fourth-order valence-corrected chi connectivity index (χ4v) is 1.45. The van der Waals surface area contributed by atoms with E-state index in [1.54, 1.807) is 0 Å². The number of nitrogens with one attached hydrogen (secondary N) is 1. The lowest BCUT2D eigenvalue weighted by molar-refractivity contribution is 0.183. The molecule has 0 bridgehead atoms. The van der Waals surface area contributed by atoms with Crippen LogP contribution in [0.15, 0.2) is 12.3 Å². The molecule has 1 rings (SSSR count). The highest BCUT2D eigenvalue weighted by Crippen LogP contribution is 1.99. The summed E-state index contributed by atoms with van der Waals surface area (Å²) in [6.07, 6.45) is 3.50. The minimum atomic E-state index is -0.224. The summed E-state index contributed by atoms with van der Waals surface area (Å²) in [6, 6.07) is 2.03. The third-order valence-corrected chi connectivity index (χ3v) is 2.28. The van der Waals surface area contributed by atoms with Gasteiger partial charge in [0, 0.05) is 19.3 Å². The van der Waals surface area contributed by atoms with Gasteiger partial charge in [-0.2, -0.15) is 5.10 Å². The lowest BCUT2D eigenvalue weighted by Gasteiger charge is -2.08. The van der Waals surface area contributed by atoms with Crippen LogP contribution in [0.2, 0.25) is 0 Å². The predicted molar refractivity (Wildman–Crippen MR) is 60.5 cm³/mol. The van der Waals surface area contributed by atoms with Crippen LogP contribution in [0.1, 0.15) is 32.4 Å². The van der Waals surface area contributed by atoms with Crippen LogP contribution in [-0.4, -0.2) is 27.5 Å². The molecule has 0 saturated carbocycles. The first kappa shape index (κ1) is 12.2. The largest absolute Gasteiger partial charge is 0.393 e. The van der Waals surface area contributed by atoms with Crippen molar-refractivity contribution in [2.75, 3.05) is 6.54 Å². The molecule has 1 aromatic rings. The molecule has 0 aliphatic rings. The average Bonchev–Trinajstić information content (AvgIpc) is 2.61. The zero-order valence-corrected chi connectivity index (χ0v) is 9.61. The van der Waals surface area contributed by atoms with Gasteiger partial charge in [-0.1, -0.05) is 6.92 Å². The normalized spacial score (nSPS) is 13.0. The van der Waals surface area contributed by atoms with Gasteiger partial charge in [0.05, 0.1) is 11.8 Å². The second kappa shape index (κ2) is 6.58. The summed E-state index contributed by atoms with van der Waals surface area (Å²) >= 11 is 0. The standard InChI is InChI=1S/C11H21N3O/c1-3-8-14-11(5-7-13-14)9-12-6-4-10(2)15/h5,7,10,12,15H,3-4,6,8-9H2,1-2H3. The minimum Gasteiger partial charge on any atom is -0.393 e. The van der Waals surface area contributed by atoms with Crippen LogP contribution >= 0.6 is 0 Å². The van der Waals surface area contributed by atoms with Crippen molar-refractivity contribution >= 4 is 0 Å². The number of aliphatic hydroxyl groups is 1. The summed E-state index contributed by atoms with van der Waals surface area (Å²) in [4.78, 5) is 0. The van der Waals surface area contributed by atoms with Crippen molar-refractivity contribution in [3.8, 4) is 0 Å². The Morgan fingerprint density at radius 3 is 3.07 bits per heavy atom. The molecular formula is C11H21N3O. The van der Waals surface area contributed by atoms with Crippen LogP contribution in [0.5, 0.6) is 0 Å². The predicted octanol–water partition coefficient (Wildman–Crippen LogP) is 1.15. The van der Waals surface area contributed by atoms with E-state index >= 15 is 0 Å². The van der Waals surface area contributed by atoms with E-state index in [-0.39, 0.29) is 6.10 Å². The molecule has 4 nitrogen and oxygen atoms in total. The summed E-state index contributed by atoms with van der Waals surface area (Å²) in [5.74, 6) is 0. The van der Waals surface area contributed by atoms with Crippen molar-refractivity contribution in [3.63, 3.8) is 0 Å². The van der Waals surface area contributed by atoms with E-state index in [1.807, 2.05) is 23.9 Å². The number of aliphatic hydroxyl groups excluding tert-OH is 1. The van der Waals surface area contributed by atoms with Crippen LogP contribution in [0.25, 0.3) is 0 Å². The average molecular weight is 211 g/mol. The summed E-state index contributed by atoms with van der Waals surface area (Å²) in [6.45, 7) is 6.59. The molecule has 0 aliphatic carbocycles. The van der Waals surface area contributed by atoms with Gasteiger partial charge in [-0.05, 0) is 32.4 Å². The molecule has 0 fully saturated rings. The molecule has 1 unspecified atom stereocenters. The Morgan fingerprint density at radius 2 is 2.40 bits per heavy atom. The molecule has 15 heavy (non-hydrogen) atoms. The second-order valence-electron chi connectivity index (χ2n) is 3.86. The molecule has 0 aromatic carbocycles. The first-order chi connectivity index (χ1) is 7.24. The number of hydrogen-bond acceptors (Lipinski definition) is 3. The highest BCUT2D eigenvalue weighted by molar-refractivity contribution is 4.99. The Labute approximate surface area is 91.3 Å². The van der Waals surface area contributed by atoms with E-state index in [2.05, 4.69) is 17.3 Å². The van der Waals surface area contributed by atoms with E-state index in [0.29, 0.717) is 0 Å². The van der Waals surface area contributed by atoms with Crippen LogP contribution < -0.4 is 5.32 Å². The van der Waals surface area contributed by atoms with Crippen molar-refractivity contribution < 1.29 is 5.11 Å². The van der Waals surface area contributed by atoms with Crippen molar-refractivity contribution in [2.24, 2.45) is 0 Å². The van der Waals surface area contributed by atoms with Crippen LogP contribution in [0.3, 0.4) is 0 Å². The molecule has 0 radical (unpaired) electrons. The van der Waals surface area contributed by atoms with Gasteiger partial charge in [-0.15, -0.1) is 0 Å². The van der Waals surface area contributed by atoms with Gasteiger partial charge in [0.2, 0.25) is 0 Å². The van der Waals surface area contributed by atoms with Crippen LogP contribution in [0.4, 0.5) is 0 Å². The van der Waals surface area contributed by atoms with Crippen LogP contribution in [0, 0.1) is 0 Å². The second-order valence-corrected chi connectivity index (χ2v) is 3.86. The van der Waals surface area contributed by atoms with Gasteiger partial charge >= 0.3 is 0 Å². The molecule has 2 N–H and O–H groups in total. The summed E-state index contributed by atoms with van der Waals surface area (Å²) < 4.78 is 2.02. The Balaban J connectivity index is 2.27. The first-order valence-electron chi connectivity index (χ1n) is 5.63. The molecule has 1 heterocycles. The molecule has 86 valence electrons. The van der Waals surface area contributed by atoms with E-state index in [4.69, 9.17) is 5.11 Å². The van der Waals surface area contributed by atoms with Gasteiger partial charge < -0.3 is 10.4 Å². The maximum Gasteiger partial charge on any atom is 0.0524 e.